The molecule has 9 heteroatoms. The molecule has 3 aromatic rings. The maximum Gasteiger partial charge on any atom is 0.278 e. The van der Waals surface area contributed by atoms with Gasteiger partial charge in [0.1, 0.15) is 0 Å². The molecule has 0 fully saturated rings. The van der Waals surface area contributed by atoms with Crippen molar-refractivity contribution < 1.29 is 9.59 Å². The Morgan fingerprint density at radius 1 is 0.968 bits per heavy atom. The van der Waals surface area contributed by atoms with Gasteiger partial charge in [-0.1, -0.05) is 29.5 Å². The lowest BCUT2D eigenvalue weighted by atomic mass is 10.1. The third-order valence-electron chi connectivity index (χ3n) is 4.26. The van der Waals surface area contributed by atoms with E-state index in [0.717, 1.165) is 34.1 Å². The molecule has 0 saturated heterocycles. The number of rotatable bonds is 6. The number of aryl methyl sites for hydroxylation is 3. The van der Waals surface area contributed by atoms with E-state index in [1.54, 1.807) is 12.1 Å². The predicted molar refractivity (Wildman–Crippen MR) is 122 cm³/mol. The number of hydrogen-bond donors (Lipinski definition) is 3. The summed E-state index contributed by atoms with van der Waals surface area (Å²) < 4.78 is 0. The summed E-state index contributed by atoms with van der Waals surface area (Å²) in [6.45, 7) is 7.19. The number of aromatic nitrogens is 3. The van der Waals surface area contributed by atoms with E-state index in [-0.39, 0.29) is 28.4 Å². The van der Waals surface area contributed by atoms with Crippen LogP contribution in [0.25, 0.3) is 11.3 Å². The lowest BCUT2D eigenvalue weighted by Crippen LogP contribution is -2.18. The number of hydrogen-bond acceptors (Lipinski definition) is 6. The van der Waals surface area contributed by atoms with E-state index in [4.69, 9.17) is 0 Å². The molecule has 0 atom stereocenters. The van der Waals surface area contributed by atoms with Crippen LogP contribution in [0, 0.1) is 20.8 Å². The molecule has 0 spiro atoms. The third kappa shape index (κ3) is 6.02. The van der Waals surface area contributed by atoms with E-state index in [0.29, 0.717) is 11.3 Å². The standard InChI is InChI=1S/C22H23N5O3S/c1-12-5-6-18(23-15(4)28)17(10-12)20-21(30)25-22(27-26-20)31-11-19(29)24-16-8-13(2)7-14(3)9-16/h5-10H,11H2,1-4H3,(H,23,28)(H,24,29)(H,25,27,30). The van der Waals surface area contributed by atoms with Crippen molar-refractivity contribution in [3.63, 3.8) is 0 Å². The minimum absolute atomic E-state index is 0.0680. The Morgan fingerprint density at radius 2 is 1.68 bits per heavy atom. The number of nitrogens with one attached hydrogen (secondary N) is 3. The van der Waals surface area contributed by atoms with Crippen molar-refractivity contribution in [3.05, 3.63) is 63.4 Å². The summed E-state index contributed by atoms with van der Waals surface area (Å²) in [6, 6.07) is 11.1. The van der Waals surface area contributed by atoms with Crippen LogP contribution in [0.15, 0.2) is 46.3 Å². The summed E-state index contributed by atoms with van der Waals surface area (Å²) in [5, 5.41) is 13.8. The van der Waals surface area contributed by atoms with Gasteiger partial charge in [-0.05, 0) is 56.2 Å². The monoisotopic (exact) mass is 437 g/mol. The number of aromatic amines is 1. The Balaban J connectivity index is 1.73. The molecule has 0 radical (unpaired) electrons. The molecule has 3 N–H and O–H groups in total. The molecule has 0 aliphatic rings. The number of H-pyrrole nitrogens is 1. The lowest BCUT2D eigenvalue weighted by molar-refractivity contribution is -0.114. The Hall–Kier alpha value is -3.46. The second kappa shape index (κ2) is 9.57. The van der Waals surface area contributed by atoms with Crippen molar-refractivity contribution in [2.24, 2.45) is 0 Å². The number of amides is 2. The van der Waals surface area contributed by atoms with Gasteiger partial charge in [-0.15, -0.1) is 10.2 Å². The number of benzene rings is 2. The van der Waals surface area contributed by atoms with Crippen molar-refractivity contribution in [1.82, 2.24) is 15.2 Å². The Labute approximate surface area is 183 Å². The van der Waals surface area contributed by atoms with Gasteiger partial charge in [0.15, 0.2) is 10.9 Å². The molecule has 1 aromatic heterocycles. The highest BCUT2D eigenvalue weighted by atomic mass is 32.2. The van der Waals surface area contributed by atoms with Crippen molar-refractivity contribution in [2.75, 3.05) is 16.4 Å². The summed E-state index contributed by atoms with van der Waals surface area (Å²) >= 11 is 1.08. The van der Waals surface area contributed by atoms with Crippen LogP contribution >= 0.6 is 11.8 Å². The Bertz CT molecular complexity index is 1190. The van der Waals surface area contributed by atoms with Gasteiger partial charge >= 0.3 is 0 Å². The first-order valence-electron chi connectivity index (χ1n) is 9.58. The fraction of sp³-hybridized carbons (Fsp3) is 0.227. The van der Waals surface area contributed by atoms with E-state index in [1.807, 2.05) is 45.0 Å². The van der Waals surface area contributed by atoms with Crippen LogP contribution in [0.3, 0.4) is 0 Å². The average molecular weight is 438 g/mol. The van der Waals surface area contributed by atoms with Crippen LogP contribution in [-0.4, -0.2) is 32.7 Å². The van der Waals surface area contributed by atoms with Gasteiger partial charge in [0.2, 0.25) is 11.8 Å². The van der Waals surface area contributed by atoms with Crippen LogP contribution in [0.5, 0.6) is 0 Å². The Kier molecular flexibility index (Phi) is 6.86. The molecule has 160 valence electrons. The minimum Gasteiger partial charge on any atom is -0.326 e. The largest absolute Gasteiger partial charge is 0.326 e. The highest BCUT2D eigenvalue weighted by Crippen LogP contribution is 2.25. The molecule has 0 unspecified atom stereocenters. The first-order chi connectivity index (χ1) is 14.7. The SMILES string of the molecule is CC(=O)Nc1ccc(C)cc1-c1nnc(SCC(=O)Nc2cc(C)cc(C)c2)[nH]c1=O. The highest BCUT2D eigenvalue weighted by Gasteiger charge is 2.14. The maximum atomic E-state index is 12.6. The topological polar surface area (TPSA) is 117 Å². The Morgan fingerprint density at radius 3 is 2.32 bits per heavy atom. The van der Waals surface area contributed by atoms with Gasteiger partial charge in [-0.25, -0.2) is 0 Å². The number of thioether (sulfide) groups is 1. The van der Waals surface area contributed by atoms with Gasteiger partial charge in [-0.2, -0.15) is 0 Å². The van der Waals surface area contributed by atoms with Crippen molar-refractivity contribution >= 4 is 35.0 Å². The van der Waals surface area contributed by atoms with E-state index in [9.17, 15) is 14.4 Å². The zero-order valence-electron chi connectivity index (χ0n) is 17.7. The summed E-state index contributed by atoms with van der Waals surface area (Å²) in [4.78, 5) is 39.0. The number of carbonyl (C=O) groups is 2. The number of anilines is 2. The first kappa shape index (κ1) is 22.2. The van der Waals surface area contributed by atoms with E-state index in [1.165, 1.54) is 6.92 Å². The van der Waals surface area contributed by atoms with Gasteiger partial charge in [0.25, 0.3) is 5.56 Å². The summed E-state index contributed by atoms with van der Waals surface area (Å²) in [6.07, 6.45) is 0. The summed E-state index contributed by atoms with van der Waals surface area (Å²) in [5.74, 6) is -0.400. The smallest absolute Gasteiger partial charge is 0.278 e. The van der Waals surface area contributed by atoms with Crippen molar-refractivity contribution in [2.45, 2.75) is 32.9 Å². The van der Waals surface area contributed by atoms with Gasteiger partial charge in [-0.3, -0.25) is 19.4 Å². The molecule has 0 aliphatic carbocycles. The van der Waals surface area contributed by atoms with E-state index < -0.39 is 5.56 Å². The quantitative estimate of drug-likeness (QED) is 0.509. The molecule has 8 nitrogen and oxygen atoms in total. The lowest BCUT2D eigenvalue weighted by Gasteiger charge is -2.10. The molecule has 1 heterocycles. The van der Waals surface area contributed by atoms with Crippen LogP contribution in [-0.2, 0) is 9.59 Å². The molecule has 0 saturated carbocycles. The van der Waals surface area contributed by atoms with Crippen molar-refractivity contribution in [1.29, 1.82) is 0 Å². The molecule has 0 bridgehead atoms. The molecular weight excluding hydrogens is 414 g/mol. The minimum atomic E-state index is -0.454. The average Bonchev–Trinajstić information content (AvgIpc) is 2.67. The third-order valence-corrected chi connectivity index (χ3v) is 5.13. The van der Waals surface area contributed by atoms with E-state index in [2.05, 4.69) is 25.8 Å². The zero-order valence-corrected chi connectivity index (χ0v) is 18.5. The maximum absolute atomic E-state index is 12.6. The van der Waals surface area contributed by atoms with Gasteiger partial charge < -0.3 is 10.6 Å². The first-order valence-corrected chi connectivity index (χ1v) is 10.6. The molecule has 31 heavy (non-hydrogen) atoms. The second-order valence-corrected chi connectivity index (χ2v) is 8.22. The molecular formula is C22H23N5O3S. The normalized spacial score (nSPS) is 10.6. The van der Waals surface area contributed by atoms with Gasteiger partial charge in [0.05, 0.1) is 11.4 Å². The van der Waals surface area contributed by atoms with Crippen LogP contribution in [0.1, 0.15) is 23.6 Å². The number of nitrogens with zero attached hydrogens (tertiary/aromatic N) is 2. The highest BCUT2D eigenvalue weighted by molar-refractivity contribution is 7.99. The van der Waals surface area contributed by atoms with E-state index >= 15 is 0 Å². The summed E-state index contributed by atoms with van der Waals surface area (Å²) in [5.41, 5.74) is 4.35. The van der Waals surface area contributed by atoms with Crippen LogP contribution < -0.4 is 16.2 Å². The fourth-order valence-corrected chi connectivity index (χ4v) is 3.70. The summed E-state index contributed by atoms with van der Waals surface area (Å²) in [7, 11) is 0. The van der Waals surface area contributed by atoms with Gasteiger partial charge in [0, 0.05) is 18.2 Å². The number of carbonyl (C=O) groups excluding carboxylic acids is 2. The molecule has 2 aromatic carbocycles. The molecule has 3 rings (SSSR count). The molecule has 0 aliphatic heterocycles. The van der Waals surface area contributed by atoms with Crippen LogP contribution in [0.4, 0.5) is 11.4 Å². The fourth-order valence-electron chi connectivity index (χ4n) is 3.09. The second-order valence-electron chi connectivity index (χ2n) is 7.25. The van der Waals surface area contributed by atoms with Crippen molar-refractivity contribution in [3.8, 4) is 11.3 Å². The molecule has 2 amide bonds. The van der Waals surface area contributed by atoms with Crippen LogP contribution in [0.2, 0.25) is 0 Å². The zero-order chi connectivity index (χ0) is 22.5. The predicted octanol–water partition coefficient (Wildman–Crippen LogP) is 3.45.